The second-order valence-corrected chi connectivity index (χ2v) is 4.62. The van der Waals surface area contributed by atoms with Gasteiger partial charge in [0.1, 0.15) is 0 Å². The molecule has 1 heteroatoms. The highest BCUT2D eigenvalue weighted by Gasteiger charge is 2.08. The van der Waals surface area contributed by atoms with Crippen LogP contribution in [-0.2, 0) is 0 Å². The van der Waals surface area contributed by atoms with Gasteiger partial charge in [-0.15, -0.1) is 0 Å². The molecule has 0 bridgehead atoms. The van der Waals surface area contributed by atoms with Gasteiger partial charge in [-0.2, -0.15) is 0 Å². The zero-order valence-electron chi connectivity index (χ0n) is 10.3. The quantitative estimate of drug-likeness (QED) is 0.717. The van der Waals surface area contributed by atoms with E-state index in [4.69, 9.17) is 0 Å². The summed E-state index contributed by atoms with van der Waals surface area (Å²) in [6.07, 6.45) is 8.49. The van der Waals surface area contributed by atoms with Crippen LogP contribution < -0.4 is 4.90 Å². The summed E-state index contributed by atoms with van der Waals surface area (Å²) < 4.78 is 0. The fourth-order valence-corrected chi connectivity index (χ4v) is 2.01. The maximum atomic E-state index is 2.30. The van der Waals surface area contributed by atoms with Gasteiger partial charge in [0.05, 0.1) is 0 Å². The van der Waals surface area contributed by atoms with Crippen molar-refractivity contribution in [1.29, 1.82) is 0 Å². The molecule has 0 saturated heterocycles. The monoisotopic (exact) mass is 213 g/mol. The molecule has 0 radical (unpaired) electrons. The lowest BCUT2D eigenvalue weighted by atomic mass is 10.00. The van der Waals surface area contributed by atoms with Gasteiger partial charge in [-0.3, -0.25) is 0 Å². The predicted octanol–water partition coefficient (Wildman–Crippen LogP) is 4.01. The third kappa shape index (κ3) is 2.19. The standard InChI is InChI=1S/C15H19N/c1-12(2)14-7-8-15(13(3)11-14)16-9-5-4-6-10-16/h4-9,11-12H,10H2,1-3H3. The largest absolute Gasteiger partial charge is 0.344 e. The van der Waals surface area contributed by atoms with E-state index in [0.717, 1.165) is 6.54 Å². The van der Waals surface area contributed by atoms with Crippen LogP contribution >= 0.6 is 0 Å². The smallest absolute Gasteiger partial charge is 0.0438 e. The molecule has 1 nitrogen and oxygen atoms in total. The van der Waals surface area contributed by atoms with E-state index >= 15 is 0 Å². The number of anilines is 1. The molecule has 16 heavy (non-hydrogen) atoms. The highest BCUT2D eigenvalue weighted by atomic mass is 15.1. The van der Waals surface area contributed by atoms with E-state index in [0.29, 0.717) is 5.92 Å². The molecule has 0 amide bonds. The molecule has 0 fully saturated rings. The number of allylic oxidation sites excluding steroid dienone is 2. The van der Waals surface area contributed by atoms with Gasteiger partial charge >= 0.3 is 0 Å². The minimum absolute atomic E-state index is 0.601. The van der Waals surface area contributed by atoms with E-state index in [2.05, 4.69) is 68.3 Å². The Bertz CT molecular complexity index is 427. The van der Waals surface area contributed by atoms with Crippen LogP contribution in [0.5, 0.6) is 0 Å². The molecule has 1 aliphatic heterocycles. The van der Waals surface area contributed by atoms with Crippen LogP contribution in [0.2, 0.25) is 0 Å². The summed E-state index contributed by atoms with van der Waals surface area (Å²) in [7, 11) is 0. The van der Waals surface area contributed by atoms with Crippen molar-refractivity contribution in [2.75, 3.05) is 11.4 Å². The Labute approximate surface area is 98.1 Å². The van der Waals surface area contributed by atoms with Crippen LogP contribution in [0, 0.1) is 6.92 Å². The molecule has 0 spiro atoms. The van der Waals surface area contributed by atoms with Gasteiger partial charge in [-0.05, 0) is 36.1 Å². The fourth-order valence-electron chi connectivity index (χ4n) is 2.01. The minimum Gasteiger partial charge on any atom is -0.344 e. The van der Waals surface area contributed by atoms with Gasteiger partial charge in [0.2, 0.25) is 0 Å². The van der Waals surface area contributed by atoms with Crippen LogP contribution in [-0.4, -0.2) is 6.54 Å². The Balaban J connectivity index is 2.29. The highest BCUT2D eigenvalue weighted by molar-refractivity contribution is 5.58. The Morgan fingerprint density at radius 3 is 2.56 bits per heavy atom. The first-order valence-electron chi connectivity index (χ1n) is 5.89. The van der Waals surface area contributed by atoms with E-state index in [1.807, 2.05) is 0 Å². The summed E-state index contributed by atoms with van der Waals surface area (Å²) in [5, 5.41) is 0. The van der Waals surface area contributed by atoms with Crippen LogP contribution in [0.1, 0.15) is 30.9 Å². The molecule has 1 heterocycles. The first-order valence-corrected chi connectivity index (χ1v) is 5.89. The van der Waals surface area contributed by atoms with Crippen LogP contribution in [0.4, 0.5) is 5.69 Å². The first kappa shape index (κ1) is 11.0. The molecule has 0 unspecified atom stereocenters. The Morgan fingerprint density at radius 1 is 1.19 bits per heavy atom. The van der Waals surface area contributed by atoms with Crippen molar-refractivity contribution < 1.29 is 0 Å². The van der Waals surface area contributed by atoms with Crippen molar-refractivity contribution in [3.63, 3.8) is 0 Å². The van der Waals surface area contributed by atoms with E-state index in [-0.39, 0.29) is 0 Å². The lowest BCUT2D eigenvalue weighted by molar-refractivity contribution is 0.864. The molecular weight excluding hydrogens is 194 g/mol. The minimum atomic E-state index is 0.601. The second kappa shape index (κ2) is 4.56. The molecular formula is C15H19N. The Kier molecular flexibility index (Phi) is 3.14. The molecule has 0 aromatic heterocycles. The maximum Gasteiger partial charge on any atom is 0.0438 e. The molecule has 0 N–H and O–H groups in total. The number of benzene rings is 1. The van der Waals surface area contributed by atoms with Crippen molar-refractivity contribution in [1.82, 2.24) is 0 Å². The average molecular weight is 213 g/mol. The predicted molar refractivity (Wildman–Crippen MR) is 70.9 cm³/mol. The molecule has 1 aromatic carbocycles. The van der Waals surface area contributed by atoms with E-state index in [9.17, 15) is 0 Å². The van der Waals surface area contributed by atoms with Crippen LogP contribution in [0.3, 0.4) is 0 Å². The van der Waals surface area contributed by atoms with E-state index in [1.165, 1.54) is 16.8 Å². The normalized spacial score (nSPS) is 14.9. The molecule has 2 rings (SSSR count). The summed E-state index contributed by atoms with van der Waals surface area (Å²) in [5.41, 5.74) is 4.08. The van der Waals surface area contributed by atoms with Crippen molar-refractivity contribution in [3.05, 3.63) is 53.8 Å². The SMILES string of the molecule is Cc1cc(C(C)C)ccc1N1C=CC=CC1. The van der Waals surface area contributed by atoms with Gasteiger partial charge in [-0.1, -0.05) is 38.1 Å². The summed E-state index contributed by atoms with van der Waals surface area (Å²) in [4.78, 5) is 2.28. The van der Waals surface area contributed by atoms with Gasteiger partial charge in [0.25, 0.3) is 0 Å². The summed E-state index contributed by atoms with van der Waals surface area (Å²) >= 11 is 0. The van der Waals surface area contributed by atoms with Gasteiger partial charge in [0.15, 0.2) is 0 Å². The molecule has 1 aliphatic rings. The Hall–Kier alpha value is -1.50. The third-order valence-electron chi connectivity index (χ3n) is 3.01. The van der Waals surface area contributed by atoms with Crippen LogP contribution in [0.15, 0.2) is 42.6 Å². The fraction of sp³-hybridized carbons (Fsp3) is 0.333. The lowest BCUT2D eigenvalue weighted by Crippen LogP contribution is -2.18. The highest BCUT2D eigenvalue weighted by Crippen LogP contribution is 2.25. The van der Waals surface area contributed by atoms with Gasteiger partial charge in [-0.25, -0.2) is 0 Å². The number of nitrogens with zero attached hydrogens (tertiary/aromatic N) is 1. The average Bonchev–Trinajstić information content (AvgIpc) is 2.30. The van der Waals surface area contributed by atoms with E-state index in [1.54, 1.807) is 0 Å². The lowest BCUT2D eigenvalue weighted by Gasteiger charge is -2.23. The first-order chi connectivity index (χ1) is 7.68. The zero-order chi connectivity index (χ0) is 11.5. The van der Waals surface area contributed by atoms with Gasteiger partial charge < -0.3 is 4.90 Å². The van der Waals surface area contributed by atoms with Crippen molar-refractivity contribution >= 4 is 5.69 Å². The summed E-state index contributed by atoms with van der Waals surface area (Å²) in [6.45, 7) is 7.63. The van der Waals surface area contributed by atoms with Gasteiger partial charge in [0, 0.05) is 18.4 Å². The number of aryl methyl sites for hydroxylation is 1. The number of hydrogen-bond acceptors (Lipinski definition) is 1. The zero-order valence-corrected chi connectivity index (χ0v) is 10.3. The number of rotatable bonds is 2. The maximum absolute atomic E-state index is 2.30. The molecule has 0 aliphatic carbocycles. The second-order valence-electron chi connectivity index (χ2n) is 4.62. The molecule has 0 saturated carbocycles. The van der Waals surface area contributed by atoms with Crippen molar-refractivity contribution in [3.8, 4) is 0 Å². The molecule has 84 valence electrons. The van der Waals surface area contributed by atoms with E-state index < -0.39 is 0 Å². The molecule has 0 atom stereocenters. The van der Waals surface area contributed by atoms with Crippen LogP contribution in [0.25, 0.3) is 0 Å². The Morgan fingerprint density at radius 2 is 2.00 bits per heavy atom. The van der Waals surface area contributed by atoms with Crippen molar-refractivity contribution in [2.45, 2.75) is 26.7 Å². The summed E-state index contributed by atoms with van der Waals surface area (Å²) in [6, 6.07) is 6.76. The third-order valence-corrected chi connectivity index (χ3v) is 3.01. The number of hydrogen-bond donors (Lipinski definition) is 0. The molecule has 1 aromatic rings. The van der Waals surface area contributed by atoms with Crippen molar-refractivity contribution in [2.24, 2.45) is 0 Å². The topological polar surface area (TPSA) is 3.24 Å². The summed E-state index contributed by atoms with van der Waals surface area (Å²) in [5.74, 6) is 0.601.